The van der Waals surface area contributed by atoms with E-state index in [1.807, 2.05) is 0 Å². The van der Waals surface area contributed by atoms with Crippen molar-refractivity contribution in [3.8, 4) is 0 Å². The molecule has 2 N–H and O–H groups in total. The predicted octanol–water partition coefficient (Wildman–Crippen LogP) is 1.11. The Morgan fingerprint density at radius 1 is 1.50 bits per heavy atom. The van der Waals surface area contributed by atoms with Crippen molar-refractivity contribution in [3.05, 3.63) is 0 Å². The van der Waals surface area contributed by atoms with Crippen LogP contribution in [-0.4, -0.2) is 21.2 Å². The molecule has 0 saturated carbocycles. The van der Waals surface area contributed by atoms with E-state index in [9.17, 15) is 0 Å². The number of nitrogens with two attached hydrogens (primary N) is 1. The van der Waals surface area contributed by atoms with Crippen LogP contribution >= 0.6 is 0 Å². The third-order valence-corrected chi connectivity index (χ3v) is 2.53. The minimum absolute atomic E-state index is 0.218. The Hall–Kier alpha value is 0.137. The van der Waals surface area contributed by atoms with Crippen molar-refractivity contribution >= 4 is 9.04 Å². The number of hydrogen-bond acceptors (Lipinski definition) is 2. The van der Waals surface area contributed by atoms with Gasteiger partial charge in [0.1, 0.15) is 0 Å². The maximum atomic E-state index is 5.76. The molecule has 0 radical (unpaired) electrons. The molecule has 0 aromatic heterocycles. The maximum Gasteiger partial charge on any atom is 0.171 e. The molecule has 0 rings (SSSR count). The van der Waals surface area contributed by atoms with E-state index in [2.05, 4.69) is 26.9 Å². The van der Waals surface area contributed by atoms with Gasteiger partial charge in [-0.25, -0.2) is 0 Å². The molecule has 0 aliphatic heterocycles. The van der Waals surface area contributed by atoms with Gasteiger partial charge in [-0.15, -0.1) is 0 Å². The van der Waals surface area contributed by atoms with Crippen molar-refractivity contribution in [2.45, 2.75) is 45.5 Å². The molecule has 0 aliphatic rings. The van der Waals surface area contributed by atoms with Crippen LogP contribution < -0.4 is 5.73 Å². The second-order valence-electron chi connectivity index (χ2n) is 2.96. The monoisotopic (exact) mass is 161 g/mol. The summed E-state index contributed by atoms with van der Waals surface area (Å²) in [5, 5.41) is 0. The summed E-state index contributed by atoms with van der Waals surface area (Å²) in [6.07, 6.45) is 1.25. The average Bonchev–Trinajstić information content (AvgIpc) is 1.85. The first-order valence-corrected chi connectivity index (χ1v) is 6.77. The molecule has 3 heteroatoms. The molecule has 0 bridgehead atoms. The summed E-state index contributed by atoms with van der Waals surface area (Å²) < 4.78 is 5.62. The quantitative estimate of drug-likeness (QED) is 0.627. The van der Waals surface area contributed by atoms with Crippen molar-refractivity contribution in [1.29, 1.82) is 0 Å². The SMILES string of the molecule is CCC(N)C(C)O[SiH](C)C. The van der Waals surface area contributed by atoms with Crippen molar-refractivity contribution in [2.75, 3.05) is 0 Å². The van der Waals surface area contributed by atoms with Crippen LogP contribution in [0.15, 0.2) is 0 Å². The lowest BCUT2D eigenvalue weighted by Gasteiger charge is -2.21. The Balaban J connectivity index is 3.50. The lowest BCUT2D eigenvalue weighted by atomic mass is 10.1. The Morgan fingerprint density at radius 2 is 2.00 bits per heavy atom. The zero-order valence-corrected chi connectivity index (χ0v) is 8.58. The van der Waals surface area contributed by atoms with Crippen LogP contribution in [0.4, 0.5) is 0 Å². The largest absolute Gasteiger partial charge is 0.416 e. The summed E-state index contributed by atoms with van der Waals surface area (Å²) in [5.74, 6) is 0. The maximum absolute atomic E-state index is 5.76. The van der Waals surface area contributed by atoms with E-state index in [-0.39, 0.29) is 12.1 Å². The fourth-order valence-corrected chi connectivity index (χ4v) is 1.92. The number of hydrogen-bond donors (Lipinski definition) is 1. The van der Waals surface area contributed by atoms with Crippen LogP contribution in [0.5, 0.6) is 0 Å². The first kappa shape index (κ1) is 10.1. The van der Waals surface area contributed by atoms with E-state index >= 15 is 0 Å². The van der Waals surface area contributed by atoms with Crippen LogP contribution in [-0.2, 0) is 4.43 Å². The van der Waals surface area contributed by atoms with E-state index in [1.165, 1.54) is 0 Å². The highest BCUT2D eigenvalue weighted by atomic mass is 28.3. The minimum Gasteiger partial charge on any atom is -0.416 e. The summed E-state index contributed by atoms with van der Waals surface area (Å²) in [5.41, 5.74) is 5.76. The van der Waals surface area contributed by atoms with Crippen molar-refractivity contribution in [1.82, 2.24) is 0 Å². The van der Waals surface area contributed by atoms with Gasteiger partial charge in [0.15, 0.2) is 9.04 Å². The molecule has 0 amide bonds. The lowest BCUT2D eigenvalue weighted by Crippen LogP contribution is -2.36. The molecule has 2 nitrogen and oxygen atoms in total. The van der Waals surface area contributed by atoms with Gasteiger partial charge in [0, 0.05) is 6.04 Å². The second kappa shape index (κ2) is 4.88. The summed E-state index contributed by atoms with van der Waals surface area (Å²) in [6.45, 7) is 8.48. The second-order valence-corrected chi connectivity index (χ2v) is 5.33. The van der Waals surface area contributed by atoms with Gasteiger partial charge in [-0.3, -0.25) is 0 Å². The van der Waals surface area contributed by atoms with Crippen LogP contribution in [0, 0.1) is 0 Å². The molecule has 0 heterocycles. The van der Waals surface area contributed by atoms with Crippen LogP contribution in [0.2, 0.25) is 13.1 Å². The molecule has 62 valence electrons. The molecule has 0 spiro atoms. The highest BCUT2D eigenvalue weighted by Crippen LogP contribution is 2.01. The van der Waals surface area contributed by atoms with Crippen LogP contribution in [0.3, 0.4) is 0 Å². The molecule has 2 atom stereocenters. The van der Waals surface area contributed by atoms with Gasteiger partial charge in [-0.1, -0.05) is 6.92 Å². The van der Waals surface area contributed by atoms with Crippen LogP contribution in [0.25, 0.3) is 0 Å². The molecule has 0 aliphatic carbocycles. The predicted molar refractivity (Wildman–Crippen MR) is 47.7 cm³/mol. The van der Waals surface area contributed by atoms with Crippen molar-refractivity contribution in [2.24, 2.45) is 5.73 Å². The van der Waals surface area contributed by atoms with Gasteiger partial charge in [-0.05, 0) is 26.4 Å². The molecule has 2 unspecified atom stereocenters. The minimum atomic E-state index is -0.878. The standard InChI is InChI=1S/C7H19NOSi/c1-5-7(8)6(2)9-10(3)4/h6-7,10H,5,8H2,1-4H3. The summed E-state index contributed by atoms with van der Waals surface area (Å²) in [6, 6.07) is 0.218. The average molecular weight is 161 g/mol. The fraction of sp³-hybridized carbons (Fsp3) is 1.00. The first-order chi connectivity index (χ1) is 4.57. The zero-order valence-electron chi connectivity index (χ0n) is 7.42. The topological polar surface area (TPSA) is 35.2 Å². The van der Waals surface area contributed by atoms with Crippen LogP contribution in [0.1, 0.15) is 20.3 Å². The van der Waals surface area contributed by atoms with E-state index in [0.717, 1.165) is 6.42 Å². The van der Waals surface area contributed by atoms with Gasteiger partial charge in [0.05, 0.1) is 6.10 Å². The smallest absolute Gasteiger partial charge is 0.171 e. The van der Waals surface area contributed by atoms with Gasteiger partial charge >= 0.3 is 0 Å². The lowest BCUT2D eigenvalue weighted by molar-refractivity contribution is 0.190. The summed E-state index contributed by atoms with van der Waals surface area (Å²) >= 11 is 0. The van der Waals surface area contributed by atoms with Gasteiger partial charge in [-0.2, -0.15) is 0 Å². The molecule has 0 saturated heterocycles. The third kappa shape index (κ3) is 4.03. The third-order valence-electron chi connectivity index (χ3n) is 1.56. The Labute approximate surface area is 65.5 Å². The molecule has 0 aromatic rings. The molecule has 0 fully saturated rings. The fourth-order valence-electron chi connectivity index (χ4n) is 0.862. The normalized spacial score (nSPS) is 17.4. The zero-order chi connectivity index (χ0) is 8.15. The molecule has 10 heavy (non-hydrogen) atoms. The molecular weight excluding hydrogens is 142 g/mol. The van der Waals surface area contributed by atoms with Crippen molar-refractivity contribution < 1.29 is 4.43 Å². The Bertz CT molecular complexity index is 87.7. The van der Waals surface area contributed by atoms with Gasteiger partial charge in [0.2, 0.25) is 0 Å². The summed E-state index contributed by atoms with van der Waals surface area (Å²) in [4.78, 5) is 0. The number of rotatable bonds is 4. The van der Waals surface area contributed by atoms with Gasteiger partial charge in [0.25, 0.3) is 0 Å². The highest BCUT2D eigenvalue weighted by molar-refractivity contribution is 6.48. The first-order valence-electron chi connectivity index (χ1n) is 3.99. The van der Waals surface area contributed by atoms with E-state index in [0.29, 0.717) is 0 Å². The van der Waals surface area contributed by atoms with Crippen molar-refractivity contribution in [3.63, 3.8) is 0 Å². The van der Waals surface area contributed by atoms with E-state index in [4.69, 9.17) is 10.2 Å². The Morgan fingerprint density at radius 3 is 2.30 bits per heavy atom. The van der Waals surface area contributed by atoms with E-state index < -0.39 is 9.04 Å². The Kier molecular flexibility index (Phi) is 4.94. The molecular formula is C7H19NOSi. The van der Waals surface area contributed by atoms with E-state index in [1.54, 1.807) is 0 Å². The van der Waals surface area contributed by atoms with Gasteiger partial charge < -0.3 is 10.2 Å². The molecule has 0 aromatic carbocycles. The highest BCUT2D eigenvalue weighted by Gasteiger charge is 2.11. The summed E-state index contributed by atoms with van der Waals surface area (Å²) in [7, 11) is -0.878.